The number of methoxy groups -OCH3 is 1. The summed E-state index contributed by atoms with van der Waals surface area (Å²) in [4.78, 5) is 35.7. The molecule has 0 unspecified atom stereocenters. The fourth-order valence-electron chi connectivity index (χ4n) is 2.23. The SMILES string of the molecule is COC(=O)c1ccc(Cl)c(NC(=O)CC(=O)Nc2ccc(C)c(C)c2)c1. The van der Waals surface area contributed by atoms with E-state index in [0.29, 0.717) is 5.69 Å². The molecule has 136 valence electrons. The van der Waals surface area contributed by atoms with Crippen molar-refractivity contribution in [2.75, 3.05) is 17.7 Å². The van der Waals surface area contributed by atoms with Crippen LogP contribution in [0.3, 0.4) is 0 Å². The van der Waals surface area contributed by atoms with Crippen LogP contribution >= 0.6 is 11.6 Å². The number of benzene rings is 2. The molecule has 0 saturated carbocycles. The van der Waals surface area contributed by atoms with Gasteiger partial charge in [0.1, 0.15) is 6.42 Å². The van der Waals surface area contributed by atoms with Crippen molar-refractivity contribution in [3.63, 3.8) is 0 Å². The number of carbonyl (C=O) groups excluding carboxylic acids is 3. The summed E-state index contributed by atoms with van der Waals surface area (Å²) >= 11 is 6.02. The molecule has 7 heteroatoms. The second kappa shape index (κ2) is 8.49. The van der Waals surface area contributed by atoms with Gasteiger partial charge in [-0.2, -0.15) is 0 Å². The first-order valence-corrected chi connectivity index (χ1v) is 8.22. The third kappa shape index (κ3) is 5.07. The van der Waals surface area contributed by atoms with Gasteiger partial charge in [-0.15, -0.1) is 0 Å². The molecule has 0 aliphatic heterocycles. The Kier molecular flexibility index (Phi) is 6.36. The van der Waals surface area contributed by atoms with Crippen molar-refractivity contribution in [3.8, 4) is 0 Å². The molecule has 2 aromatic carbocycles. The van der Waals surface area contributed by atoms with Gasteiger partial charge in [-0.3, -0.25) is 9.59 Å². The molecule has 0 aromatic heterocycles. The summed E-state index contributed by atoms with van der Waals surface area (Å²) in [5, 5.41) is 5.45. The molecule has 6 nitrogen and oxygen atoms in total. The second-order valence-corrected chi connectivity index (χ2v) is 6.17. The highest BCUT2D eigenvalue weighted by Gasteiger charge is 2.14. The highest BCUT2D eigenvalue weighted by molar-refractivity contribution is 6.34. The zero-order valence-corrected chi connectivity index (χ0v) is 15.4. The molecule has 0 radical (unpaired) electrons. The molecule has 0 atom stereocenters. The number of halogens is 1. The van der Waals surface area contributed by atoms with Gasteiger partial charge in [-0.05, 0) is 55.3 Å². The van der Waals surface area contributed by atoms with Crippen LogP contribution in [0.4, 0.5) is 11.4 Å². The van der Waals surface area contributed by atoms with Crippen LogP contribution in [-0.2, 0) is 14.3 Å². The number of anilines is 2. The van der Waals surface area contributed by atoms with Crippen LogP contribution < -0.4 is 10.6 Å². The minimum atomic E-state index is -0.551. The molecular weight excluding hydrogens is 356 g/mol. The lowest BCUT2D eigenvalue weighted by molar-refractivity contribution is -0.123. The summed E-state index contributed by atoms with van der Waals surface area (Å²) in [6.45, 7) is 3.91. The number of aryl methyl sites for hydroxylation is 2. The van der Waals surface area contributed by atoms with Crippen LogP contribution in [0.25, 0.3) is 0 Å². The lowest BCUT2D eigenvalue weighted by Crippen LogP contribution is -2.21. The maximum Gasteiger partial charge on any atom is 0.337 e. The van der Waals surface area contributed by atoms with Gasteiger partial charge in [0.25, 0.3) is 0 Å². The standard InChI is InChI=1S/C19H19ClN2O4/c1-11-4-6-14(8-12(11)2)21-17(23)10-18(24)22-16-9-13(19(25)26-3)5-7-15(16)20/h4-9H,10H2,1-3H3,(H,21,23)(H,22,24). The van der Waals surface area contributed by atoms with E-state index >= 15 is 0 Å². The van der Waals surface area contributed by atoms with Crippen molar-refractivity contribution < 1.29 is 19.1 Å². The Balaban J connectivity index is 2.00. The van der Waals surface area contributed by atoms with Crippen molar-refractivity contribution in [1.29, 1.82) is 0 Å². The number of hydrogen-bond donors (Lipinski definition) is 2. The maximum absolute atomic E-state index is 12.1. The molecule has 26 heavy (non-hydrogen) atoms. The van der Waals surface area contributed by atoms with E-state index in [1.807, 2.05) is 26.0 Å². The number of amides is 2. The van der Waals surface area contributed by atoms with Crippen molar-refractivity contribution >= 4 is 40.8 Å². The molecule has 2 amide bonds. The quantitative estimate of drug-likeness (QED) is 0.617. The Morgan fingerprint density at radius 3 is 2.31 bits per heavy atom. The van der Waals surface area contributed by atoms with E-state index in [9.17, 15) is 14.4 Å². The third-order valence-corrected chi connectivity index (χ3v) is 4.10. The highest BCUT2D eigenvalue weighted by Crippen LogP contribution is 2.23. The molecule has 0 spiro atoms. The first kappa shape index (κ1) is 19.5. The Morgan fingerprint density at radius 2 is 1.65 bits per heavy atom. The van der Waals surface area contributed by atoms with Crippen molar-refractivity contribution in [2.24, 2.45) is 0 Å². The Hall–Kier alpha value is -2.86. The molecule has 0 heterocycles. The average Bonchev–Trinajstić information content (AvgIpc) is 2.59. The van der Waals surface area contributed by atoms with Gasteiger partial charge >= 0.3 is 5.97 Å². The number of hydrogen-bond acceptors (Lipinski definition) is 4. The van der Waals surface area contributed by atoms with Crippen LogP contribution in [0, 0.1) is 13.8 Å². The summed E-state index contributed by atoms with van der Waals surface area (Å²) in [6, 6.07) is 9.85. The lowest BCUT2D eigenvalue weighted by Gasteiger charge is -2.10. The maximum atomic E-state index is 12.1. The van der Waals surface area contributed by atoms with E-state index < -0.39 is 17.8 Å². The predicted molar refractivity (Wildman–Crippen MR) is 101 cm³/mol. The zero-order chi connectivity index (χ0) is 19.3. The topological polar surface area (TPSA) is 84.5 Å². The lowest BCUT2D eigenvalue weighted by atomic mass is 10.1. The van der Waals surface area contributed by atoms with Crippen LogP contribution in [0.5, 0.6) is 0 Å². The number of nitrogens with one attached hydrogen (secondary N) is 2. The predicted octanol–water partition coefficient (Wildman–Crippen LogP) is 3.71. The molecule has 0 aliphatic rings. The third-order valence-electron chi connectivity index (χ3n) is 3.77. The first-order chi connectivity index (χ1) is 12.3. The highest BCUT2D eigenvalue weighted by atomic mass is 35.5. The van der Waals surface area contributed by atoms with Crippen molar-refractivity contribution in [2.45, 2.75) is 20.3 Å². The number of carbonyl (C=O) groups is 3. The Bertz CT molecular complexity index is 865. The number of ether oxygens (including phenoxy) is 1. The van der Waals surface area contributed by atoms with Crippen LogP contribution in [0.15, 0.2) is 36.4 Å². The second-order valence-electron chi connectivity index (χ2n) is 5.76. The van der Waals surface area contributed by atoms with Crippen molar-refractivity contribution in [3.05, 3.63) is 58.1 Å². The number of rotatable bonds is 5. The summed E-state index contributed by atoms with van der Waals surface area (Å²) in [5.74, 6) is -1.55. The van der Waals surface area contributed by atoms with Gasteiger partial charge in [0.05, 0.1) is 23.4 Å². The summed E-state index contributed by atoms with van der Waals surface area (Å²) in [7, 11) is 1.26. The van der Waals surface area contributed by atoms with Gasteiger partial charge in [0.2, 0.25) is 11.8 Å². The van der Waals surface area contributed by atoms with E-state index in [1.54, 1.807) is 6.07 Å². The summed E-state index contributed by atoms with van der Waals surface area (Å²) in [5.41, 5.74) is 3.25. The monoisotopic (exact) mass is 374 g/mol. The summed E-state index contributed by atoms with van der Waals surface area (Å²) < 4.78 is 4.63. The van der Waals surface area contributed by atoms with E-state index in [0.717, 1.165) is 11.1 Å². The van der Waals surface area contributed by atoms with Crippen LogP contribution in [0.1, 0.15) is 27.9 Å². The van der Waals surface area contributed by atoms with Crippen LogP contribution in [-0.4, -0.2) is 24.9 Å². The normalized spacial score (nSPS) is 10.2. The van der Waals surface area contributed by atoms with E-state index in [-0.39, 0.29) is 22.7 Å². The fraction of sp³-hybridized carbons (Fsp3) is 0.211. The van der Waals surface area contributed by atoms with Gasteiger partial charge in [0, 0.05) is 5.69 Å². The molecule has 2 N–H and O–H groups in total. The molecule has 0 bridgehead atoms. The molecular formula is C19H19ClN2O4. The van der Waals surface area contributed by atoms with Crippen LogP contribution in [0.2, 0.25) is 5.02 Å². The molecule has 2 aromatic rings. The largest absolute Gasteiger partial charge is 0.465 e. The Morgan fingerprint density at radius 1 is 0.962 bits per heavy atom. The summed E-state index contributed by atoms with van der Waals surface area (Å²) in [6.07, 6.45) is -0.383. The molecule has 0 fully saturated rings. The average molecular weight is 375 g/mol. The minimum absolute atomic E-state index is 0.235. The van der Waals surface area contributed by atoms with E-state index in [1.165, 1.54) is 25.3 Å². The zero-order valence-electron chi connectivity index (χ0n) is 14.7. The van der Waals surface area contributed by atoms with Gasteiger partial charge in [-0.25, -0.2) is 4.79 Å². The fourth-order valence-corrected chi connectivity index (χ4v) is 2.40. The van der Waals surface area contributed by atoms with Crippen molar-refractivity contribution in [1.82, 2.24) is 0 Å². The first-order valence-electron chi connectivity index (χ1n) is 7.85. The number of esters is 1. The van der Waals surface area contributed by atoms with Gasteiger partial charge < -0.3 is 15.4 Å². The van der Waals surface area contributed by atoms with Gasteiger partial charge in [0.15, 0.2) is 0 Å². The smallest absolute Gasteiger partial charge is 0.337 e. The van der Waals surface area contributed by atoms with E-state index in [4.69, 9.17) is 11.6 Å². The Labute approximate surface area is 156 Å². The molecule has 0 saturated heterocycles. The van der Waals surface area contributed by atoms with Gasteiger partial charge in [-0.1, -0.05) is 17.7 Å². The van der Waals surface area contributed by atoms with E-state index in [2.05, 4.69) is 15.4 Å². The molecule has 0 aliphatic carbocycles. The molecule has 2 rings (SSSR count). The minimum Gasteiger partial charge on any atom is -0.465 e.